The summed E-state index contributed by atoms with van der Waals surface area (Å²) in [5.41, 5.74) is 0.623. The number of carboxylic acid groups (broad SMARTS) is 1. The fourth-order valence-corrected chi connectivity index (χ4v) is 5.47. The first-order valence-electron chi connectivity index (χ1n) is 11.7. The van der Waals surface area contributed by atoms with E-state index in [4.69, 9.17) is 0 Å². The standard InChI is InChI=1S/C25H42O2/c1-3-5-7-8-9-10-20-12-14-21(15-13-20)22-16-18-23(19-17-22)24(25(26)27)11-6-4-2/h4,6,11,20-23H,3,5,7-10,12-19H2,1-2H3,(H,26,27). The zero-order valence-electron chi connectivity index (χ0n) is 17.8. The van der Waals surface area contributed by atoms with E-state index in [9.17, 15) is 9.90 Å². The van der Waals surface area contributed by atoms with Gasteiger partial charge in [-0.2, -0.15) is 0 Å². The maximum Gasteiger partial charge on any atom is 0.331 e. The molecular formula is C25H42O2. The van der Waals surface area contributed by atoms with Crippen LogP contribution < -0.4 is 0 Å². The molecule has 0 unspecified atom stereocenters. The Labute approximate surface area is 167 Å². The molecule has 2 rings (SSSR count). The highest BCUT2D eigenvalue weighted by Crippen LogP contribution is 2.43. The van der Waals surface area contributed by atoms with Crippen molar-refractivity contribution < 1.29 is 9.90 Å². The molecule has 1 N–H and O–H groups in total. The third-order valence-electron chi connectivity index (χ3n) is 7.20. The van der Waals surface area contributed by atoms with Crippen LogP contribution in [0.2, 0.25) is 0 Å². The molecule has 2 aliphatic rings. The highest BCUT2D eigenvalue weighted by molar-refractivity contribution is 5.87. The Kier molecular flexibility index (Phi) is 10.2. The van der Waals surface area contributed by atoms with Gasteiger partial charge in [0.25, 0.3) is 0 Å². The van der Waals surface area contributed by atoms with Gasteiger partial charge in [0.1, 0.15) is 0 Å². The smallest absolute Gasteiger partial charge is 0.331 e. The van der Waals surface area contributed by atoms with Gasteiger partial charge in [0.05, 0.1) is 0 Å². The molecule has 0 saturated heterocycles. The summed E-state index contributed by atoms with van der Waals surface area (Å²) in [7, 11) is 0. The van der Waals surface area contributed by atoms with Gasteiger partial charge in [0.2, 0.25) is 0 Å². The van der Waals surface area contributed by atoms with Gasteiger partial charge < -0.3 is 5.11 Å². The van der Waals surface area contributed by atoms with E-state index in [0.717, 1.165) is 30.6 Å². The van der Waals surface area contributed by atoms with Crippen molar-refractivity contribution in [3.63, 3.8) is 0 Å². The molecule has 2 aliphatic carbocycles. The van der Waals surface area contributed by atoms with Gasteiger partial charge in [0, 0.05) is 5.57 Å². The summed E-state index contributed by atoms with van der Waals surface area (Å²) >= 11 is 0. The highest BCUT2D eigenvalue weighted by atomic mass is 16.4. The molecule has 2 fully saturated rings. The van der Waals surface area contributed by atoms with Crippen LogP contribution in [0.15, 0.2) is 23.8 Å². The summed E-state index contributed by atoms with van der Waals surface area (Å²) < 4.78 is 0. The molecule has 0 heterocycles. The van der Waals surface area contributed by atoms with Crippen LogP contribution >= 0.6 is 0 Å². The SMILES string of the molecule is CC=CC=C(C(=O)O)C1CCC(C2CCC(CCCCCCC)CC2)CC1. The summed E-state index contributed by atoms with van der Waals surface area (Å²) in [5, 5.41) is 9.51. The number of hydrogen-bond donors (Lipinski definition) is 1. The van der Waals surface area contributed by atoms with Crippen molar-refractivity contribution in [1.82, 2.24) is 0 Å². The number of unbranched alkanes of at least 4 members (excludes halogenated alkanes) is 4. The summed E-state index contributed by atoms with van der Waals surface area (Å²) in [6.07, 6.45) is 24.5. The lowest BCUT2D eigenvalue weighted by atomic mass is 9.67. The number of allylic oxidation sites excluding steroid dienone is 3. The van der Waals surface area contributed by atoms with Crippen LogP contribution in [0.25, 0.3) is 0 Å². The molecule has 0 radical (unpaired) electrons. The quantitative estimate of drug-likeness (QED) is 0.243. The molecule has 0 aliphatic heterocycles. The molecule has 0 atom stereocenters. The normalized spacial score (nSPS) is 29.9. The van der Waals surface area contributed by atoms with E-state index < -0.39 is 5.97 Å². The minimum Gasteiger partial charge on any atom is -0.478 e. The minimum atomic E-state index is -0.726. The van der Waals surface area contributed by atoms with E-state index in [-0.39, 0.29) is 5.92 Å². The first-order chi connectivity index (χ1) is 13.2. The molecule has 27 heavy (non-hydrogen) atoms. The maximum atomic E-state index is 11.6. The van der Waals surface area contributed by atoms with Gasteiger partial charge in [-0.3, -0.25) is 0 Å². The zero-order chi connectivity index (χ0) is 19.5. The lowest BCUT2D eigenvalue weighted by Crippen LogP contribution is -2.27. The fraction of sp³-hybridized carbons (Fsp3) is 0.800. The van der Waals surface area contributed by atoms with Gasteiger partial charge in [-0.1, -0.05) is 76.5 Å². The molecule has 0 aromatic rings. The molecule has 0 aromatic carbocycles. The first-order valence-corrected chi connectivity index (χ1v) is 11.7. The molecule has 0 spiro atoms. The van der Waals surface area contributed by atoms with E-state index in [1.165, 1.54) is 77.0 Å². The van der Waals surface area contributed by atoms with Crippen molar-refractivity contribution in [2.24, 2.45) is 23.7 Å². The Morgan fingerprint density at radius 2 is 1.48 bits per heavy atom. The third-order valence-corrected chi connectivity index (χ3v) is 7.20. The molecule has 0 bridgehead atoms. The Hall–Kier alpha value is -1.05. The summed E-state index contributed by atoms with van der Waals surface area (Å²) in [6.45, 7) is 4.23. The van der Waals surface area contributed by atoms with Gasteiger partial charge in [-0.05, 0) is 69.1 Å². The van der Waals surface area contributed by atoms with Crippen LogP contribution in [-0.4, -0.2) is 11.1 Å². The van der Waals surface area contributed by atoms with Crippen molar-refractivity contribution in [2.75, 3.05) is 0 Å². The van der Waals surface area contributed by atoms with Gasteiger partial charge in [0.15, 0.2) is 0 Å². The summed E-state index contributed by atoms with van der Waals surface area (Å²) in [5.74, 6) is 2.28. The number of carbonyl (C=O) groups is 1. The Morgan fingerprint density at radius 3 is 2.04 bits per heavy atom. The second-order valence-electron chi connectivity index (χ2n) is 9.05. The minimum absolute atomic E-state index is 0.259. The first kappa shape index (κ1) is 22.2. The Bertz CT molecular complexity index is 475. The maximum absolute atomic E-state index is 11.6. The monoisotopic (exact) mass is 374 g/mol. The van der Waals surface area contributed by atoms with Gasteiger partial charge in [-0.25, -0.2) is 4.79 Å². The van der Waals surface area contributed by atoms with Gasteiger partial charge in [-0.15, -0.1) is 0 Å². The van der Waals surface area contributed by atoms with Crippen LogP contribution in [0.4, 0.5) is 0 Å². The molecule has 0 aromatic heterocycles. The van der Waals surface area contributed by atoms with Crippen LogP contribution in [0.5, 0.6) is 0 Å². The fourth-order valence-electron chi connectivity index (χ4n) is 5.47. The summed E-state index contributed by atoms with van der Waals surface area (Å²) in [4.78, 5) is 11.6. The predicted octanol–water partition coefficient (Wildman–Crippen LogP) is 7.55. The van der Waals surface area contributed by atoms with E-state index in [1.54, 1.807) is 0 Å². The predicted molar refractivity (Wildman–Crippen MR) is 115 cm³/mol. The molecule has 154 valence electrons. The van der Waals surface area contributed by atoms with E-state index in [0.29, 0.717) is 5.57 Å². The summed E-state index contributed by atoms with van der Waals surface area (Å²) in [6, 6.07) is 0. The number of rotatable bonds is 10. The van der Waals surface area contributed by atoms with Crippen molar-refractivity contribution in [3.8, 4) is 0 Å². The average Bonchev–Trinajstić information content (AvgIpc) is 2.69. The largest absolute Gasteiger partial charge is 0.478 e. The molecule has 2 nitrogen and oxygen atoms in total. The van der Waals surface area contributed by atoms with E-state index in [1.807, 2.05) is 25.2 Å². The number of hydrogen-bond acceptors (Lipinski definition) is 1. The molecule has 2 heteroatoms. The van der Waals surface area contributed by atoms with Crippen molar-refractivity contribution >= 4 is 5.97 Å². The lowest BCUT2D eigenvalue weighted by molar-refractivity contribution is -0.133. The Balaban J connectivity index is 1.69. The van der Waals surface area contributed by atoms with Crippen LogP contribution in [0.1, 0.15) is 104 Å². The van der Waals surface area contributed by atoms with Crippen LogP contribution in [0.3, 0.4) is 0 Å². The average molecular weight is 375 g/mol. The topological polar surface area (TPSA) is 37.3 Å². The molecule has 0 amide bonds. The van der Waals surface area contributed by atoms with Crippen molar-refractivity contribution in [1.29, 1.82) is 0 Å². The van der Waals surface area contributed by atoms with Crippen molar-refractivity contribution in [3.05, 3.63) is 23.8 Å². The van der Waals surface area contributed by atoms with E-state index >= 15 is 0 Å². The lowest BCUT2D eigenvalue weighted by Gasteiger charge is -2.38. The second-order valence-corrected chi connectivity index (χ2v) is 9.05. The third kappa shape index (κ3) is 7.47. The van der Waals surface area contributed by atoms with Gasteiger partial charge >= 0.3 is 5.97 Å². The number of aliphatic carboxylic acids is 1. The zero-order valence-corrected chi connectivity index (χ0v) is 17.8. The van der Waals surface area contributed by atoms with Crippen LogP contribution in [-0.2, 0) is 4.79 Å². The number of carboxylic acids is 1. The Morgan fingerprint density at radius 1 is 0.889 bits per heavy atom. The molecule has 2 saturated carbocycles. The van der Waals surface area contributed by atoms with Crippen molar-refractivity contribution in [2.45, 2.75) is 104 Å². The molecular weight excluding hydrogens is 332 g/mol. The van der Waals surface area contributed by atoms with E-state index in [2.05, 4.69) is 6.92 Å². The van der Waals surface area contributed by atoms with Crippen LogP contribution in [0, 0.1) is 23.7 Å². The second kappa shape index (κ2) is 12.4. The highest BCUT2D eigenvalue weighted by Gasteiger charge is 2.32.